The molecule has 3 aromatic rings. The van der Waals surface area contributed by atoms with Crippen molar-refractivity contribution >= 4 is 37.5 Å². The smallest absolute Gasteiger partial charge is 0.0391 e. The Bertz CT molecular complexity index is 1130. The number of nitrogens with zero attached hydrogens (tertiary/aromatic N) is 1. The lowest BCUT2D eigenvalue weighted by Crippen LogP contribution is -2.26. The second-order valence-electron chi connectivity index (χ2n) is 9.39. The van der Waals surface area contributed by atoms with Crippen molar-refractivity contribution in [2.24, 2.45) is 0 Å². The van der Waals surface area contributed by atoms with Gasteiger partial charge < -0.3 is 4.90 Å². The highest BCUT2D eigenvalue weighted by Crippen LogP contribution is 2.22. The van der Waals surface area contributed by atoms with E-state index >= 15 is 0 Å². The molecule has 0 saturated carbocycles. The van der Waals surface area contributed by atoms with Gasteiger partial charge in [-0.15, -0.1) is 0 Å². The monoisotopic (exact) mass is 617 g/mol. The average Bonchev–Trinajstić information content (AvgIpc) is 2.91. The van der Waals surface area contributed by atoms with E-state index in [4.69, 9.17) is 0 Å². The molecule has 0 spiro atoms. The zero-order valence-corrected chi connectivity index (χ0v) is 25.3. The Labute approximate surface area is 241 Å². The van der Waals surface area contributed by atoms with Crippen LogP contribution in [0.25, 0.3) is 0 Å². The van der Waals surface area contributed by atoms with Crippen molar-refractivity contribution in [3.05, 3.63) is 97.9 Å². The summed E-state index contributed by atoms with van der Waals surface area (Å²) in [6.07, 6.45) is 10.1. The molecule has 0 N–H and O–H groups in total. The van der Waals surface area contributed by atoms with Crippen molar-refractivity contribution in [3.63, 3.8) is 0 Å². The lowest BCUT2D eigenvalue weighted by molar-refractivity contribution is 0.609. The second-order valence-corrected chi connectivity index (χ2v) is 11.2. The quantitative estimate of drug-likeness (QED) is 0.153. The van der Waals surface area contributed by atoms with Gasteiger partial charge in [0.2, 0.25) is 0 Å². The molecule has 0 atom stereocenters. The summed E-state index contributed by atoms with van der Waals surface area (Å²) in [4.78, 5) is 2.56. The fourth-order valence-electron chi connectivity index (χ4n) is 4.12. The molecule has 3 heteroatoms. The predicted molar refractivity (Wildman–Crippen MR) is 167 cm³/mol. The molecule has 0 fully saturated rings. The van der Waals surface area contributed by atoms with Crippen molar-refractivity contribution in [2.75, 3.05) is 18.0 Å². The molecule has 1 nitrogen and oxygen atoms in total. The van der Waals surface area contributed by atoms with E-state index in [9.17, 15) is 0 Å². The van der Waals surface area contributed by atoms with E-state index in [0.29, 0.717) is 0 Å². The van der Waals surface area contributed by atoms with E-state index in [-0.39, 0.29) is 0 Å². The van der Waals surface area contributed by atoms with Crippen LogP contribution in [-0.4, -0.2) is 13.1 Å². The number of unbranched alkanes of at least 4 members (excludes halogenated alkanes) is 6. The van der Waals surface area contributed by atoms with Crippen LogP contribution in [0.3, 0.4) is 0 Å². The average molecular weight is 619 g/mol. The van der Waals surface area contributed by atoms with Crippen LogP contribution in [0.4, 0.5) is 5.69 Å². The van der Waals surface area contributed by atoms with Crippen LogP contribution >= 0.6 is 31.9 Å². The SMILES string of the molecule is CCCCCCN(CCCCCC)c1cc(C#Cc2ccc(Br)cc2)cc(C#Cc2ccc(Br)cc2)c1. The van der Waals surface area contributed by atoms with Crippen molar-refractivity contribution in [1.29, 1.82) is 0 Å². The highest BCUT2D eigenvalue weighted by Gasteiger charge is 2.09. The Balaban J connectivity index is 1.93. The Kier molecular flexibility index (Phi) is 12.9. The minimum absolute atomic E-state index is 1.01. The number of rotatable bonds is 11. The van der Waals surface area contributed by atoms with Crippen LogP contribution in [0.1, 0.15) is 87.5 Å². The summed E-state index contributed by atoms with van der Waals surface area (Å²) < 4.78 is 2.12. The van der Waals surface area contributed by atoms with Crippen LogP contribution < -0.4 is 4.90 Å². The Morgan fingerprint density at radius 2 is 0.919 bits per heavy atom. The van der Waals surface area contributed by atoms with Gasteiger partial charge in [-0.3, -0.25) is 0 Å². The third kappa shape index (κ3) is 10.8. The Hall–Kier alpha value is -2.46. The summed E-state index contributed by atoms with van der Waals surface area (Å²) in [7, 11) is 0. The summed E-state index contributed by atoms with van der Waals surface area (Å²) in [5.74, 6) is 13.5. The minimum Gasteiger partial charge on any atom is -0.371 e. The predicted octanol–water partition coefficient (Wildman–Crippen LogP) is 9.98. The van der Waals surface area contributed by atoms with Gasteiger partial charge in [0.25, 0.3) is 0 Å². The topological polar surface area (TPSA) is 3.24 Å². The lowest BCUT2D eigenvalue weighted by atomic mass is 10.1. The van der Waals surface area contributed by atoms with Gasteiger partial charge in [-0.2, -0.15) is 0 Å². The molecular weight excluding hydrogens is 582 g/mol. The molecule has 37 heavy (non-hydrogen) atoms. The van der Waals surface area contributed by atoms with Gasteiger partial charge in [0.05, 0.1) is 0 Å². The zero-order valence-electron chi connectivity index (χ0n) is 22.1. The highest BCUT2D eigenvalue weighted by molar-refractivity contribution is 9.10. The first-order valence-corrected chi connectivity index (χ1v) is 15.1. The number of benzene rings is 3. The molecule has 0 aliphatic carbocycles. The number of hydrogen-bond donors (Lipinski definition) is 0. The molecular formula is C34H37Br2N. The first-order valence-electron chi connectivity index (χ1n) is 13.5. The summed E-state index contributed by atoms with van der Waals surface area (Å²) in [6, 6.07) is 22.9. The fourth-order valence-corrected chi connectivity index (χ4v) is 4.65. The van der Waals surface area contributed by atoms with Gasteiger partial charge in [0, 0.05) is 50.0 Å². The van der Waals surface area contributed by atoms with E-state index < -0.39 is 0 Å². The molecule has 0 amide bonds. The Morgan fingerprint density at radius 1 is 0.514 bits per heavy atom. The second kappa shape index (κ2) is 16.4. The molecule has 0 radical (unpaired) electrons. The van der Waals surface area contributed by atoms with Gasteiger partial charge in [-0.1, -0.05) is 108 Å². The van der Waals surface area contributed by atoms with Crippen LogP contribution in [0.15, 0.2) is 75.7 Å². The molecule has 3 rings (SSSR count). The van der Waals surface area contributed by atoms with Crippen LogP contribution in [0.2, 0.25) is 0 Å². The van der Waals surface area contributed by atoms with Crippen LogP contribution in [-0.2, 0) is 0 Å². The van der Waals surface area contributed by atoms with Gasteiger partial charge in [-0.05, 0) is 79.6 Å². The largest absolute Gasteiger partial charge is 0.371 e. The summed E-state index contributed by atoms with van der Waals surface area (Å²) >= 11 is 7.01. The molecule has 0 unspecified atom stereocenters. The first kappa shape index (κ1) is 29.1. The number of anilines is 1. The lowest BCUT2D eigenvalue weighted by Gasteiger charge is -2.25. The molecule has 0 saturated heterocycles. The van der Waals surface area contributed by atoms with Gasteiger partial charge in [0.1, 0.15) is 0 Å². The van der Waals surface area contributed by atoms with Gasteiger partial charge >= 0.3 is 0 Å². The van der Waals surface area contributed by atoms with Crippen LogP contribution in [0.5, 0.6) is 0 Å². The fraction of sp³-hybridized carbons (Fsp3) is 0.353. The van der Waals surface area contributed by atoms with E-state index in [1.807, 2.05) is 48.5 Å². The first-order chi connectivity index (χ1) is 18.1. The third-order valence-corrected chi connectivity index (χ3v) is 7.29. The maximum absolute atomic E-state index is 3.51. The standard InChI is InChI=1S/C34H37Br2N/c1-3-5-7-9-23-37(24-10-8-6-4-2)34-26-30(13-11-28-15-19-32(35)20-16-28)25-31(27-34)14-12-29-17-21-33(36)22-18-29/h15-22,25-27H,3-10,23-24H2,1-2H3. The molecule has 0 aliphatic rings. The maximum atomic E-state index is 3.51. The van der Waals surface area contributed by atoms with E-state index in [1.165, 1.54) is 57.1 Å². The summed E-state index contributed by atoms with van der Waals surface area (Å²) in [5, 5.41) is 0. The molecule has 0 bridgehead atoms. The number of halogens is 2. The van der Waals surface area contributed by atoms with Crippen molar-refractivity contribution < 1.29 is 0 Å². The number of hydrogen-bond acceptors (Lipinski definition) is 1. The van der Waals surface area contributed by atoms with E-state index in [2.05, 4.69) is 92.5 Å². The maximum Gasteiger partial charge on any atom is 0.0391 e. The normalized spacial score (nSPS) is 10.3. The molecule has 0 aliphatic heterocycles. The van der Waals surface area contributed by atoms with Crippen LogP contribution in [0, 0.1) is 23.7 Å². The van der Waals surface area contributed by atoms with E-state index in [1.54, 1.807) is 0 Å². The van der Waals surface area contributed by atoms with Crippen molar-refractivity contribution in [2.45, 2.75) is 65.2 Å². The summed E-state index contributed by atoms with van der Waals surface area (Å²) in [6.45, 7) is 6.70. The highest BCUT2D eigenvalue weighted by atomic mass is 79.9. The van der Waals surface area contributed by atoms with Crippen molar-refractivity contribution in [1.82, 2.24) is 0 Å². The molecule has 0 aromatic heterocycles. The third-order valence-electron chi connectivity index (χ3n) is 6.24. The van der Waals surface area contributed by atoms with E-state index in [0.717, 1.165) is 44.3 Å². The van der Waals surface area contributed by atoms with Crippen molar-refractivity contribution in [3.8, 4) is 23.7 Å². The molecule has 0 heterocycles. The minimum atomic E-state index is 1.01. The Morgan fingerprint density at radius 3 is 1.32 bits per heavy atom. The van der Waals surface area contributed by atoms with Gasteiger partial charge in [0.15, 0.2) is 0 Å². The molecule has 192 valence electrons. The van der Waals surface area contributed by atoms with Gasteiger partial charge in [-0.25, -0.2) is 0 Å². The molecule has 3 aromatic carbocycles. The zero-order chi connectivity index (χ0) is 26.3. The summed E-state index contributed by atoms with van der Waals surface area (Å²) in [5.41, 5.74) is 5.26.